The van der Waals surface area contributed by atoms with Gasteiger partial charge in [0.25, 0.3) is 0 Å². The van der Waals surface area contributed by atoms with Crippen molar-refractivity contribution in [3.63, 3.8) is 0 Å². The van der Waals surface area contributed by atoms with Crippen molar-refractivity contribution in [2.24, 2.45) is 11.8 Å². The van der Waals surface area contributed by atoms with Gasteiger partial charge in [0, 0.05) is 73.7 Å². The zero-order valence-electron chi connectivity index (χ0n) is 36.9. The molecule has 0 aliphatic heterocycles. The van der Waals surface area contributed by atoms with Crippen LogP contribution in [0.25, 0.3) is 10.9 Å². The minimum Gasteiger partial charge on any atom is -0.380 e. The Morgan fingerprint density at radius 3 is 1.87 bits per heavy atom. The monoisotopic (exact) mass is 874 g/mol. The number of aromatic nitrogens is 5. The van der Waals surface area contributed by atoms with Crippen LogP contribution in [0.5, 0.6) is 0 Å². The van der Waals surface area contributed by atoms with E-state index >= 15 is 0 Å². The second-order valence-electron chi connectivity index (χ2n) is 16.2. The lowest BCUT2D eigenvalue weighted by atomic mass is 10.0. The van der Waals surface area contributed by atoms with Crippen LogP contribution in [0.3, 0.4) is 0 Å². The molecule has 0 saturated carbocycles. The number of hydrogen-bond acceptors (Lipinski definition) is 10. The minimum absolute atomic E-state index is 0.0298. The molecule has 1 unspecified atom stereocenters. The standard InChI is InChI=1S/C43H62N12O8/c1-8-63-21-31(13-24(2)3)52-41(60)36(16-30-19-45-23-49-30)53-37(57)20-47-43(62)38(25(4)5)55-39(58)26(6)50-40(59)34(14-28-17-46-33-12-10-9-11-32(28)33)54-42(61)35(51-27(7)56)15-29-18-44-22-48-29/h9-12,17-19,22-26,31,34-36,38,46H,8,13-16,20-21H2,1-7H3,(H,44,48)(H,45,49)(H,47,62)(H,50,59)(H,51,56)(H,52,60)(H,53,57)(H,54,61)(H,55,58)/t26-,31?,34-,35-,36-,38-/m0/s1. The normalized spacial score (nSPS) is 14.2. The third kappa shape index (κ3) is 15.7. The van der Waals surface area contributed by atoms with Crippen LogP contribution in [0, 0.1) is 11.8 Å². The largest absolute Gasteiger partial charge is 0.380 e. The van der Waals surface area contributed by atoms with Crippen LogP contribution in [0.15, 0.2) is 55.5 Å². The number of imidazole rings is 2. The van der Waals surface area contributed by atoms with Gasteiger partial charge in [-0.15, -0.1) is 0 Å². The van der Waals surface area contributed by atoms with Crippen LogP contribution < -0.4 is 37.2 Å². The first-order valence-electron chi connectivity index (χ1n) is 21.2. The van der Waals surface area contributed by atoms with Gasteiger partial charge in [-0.25, -0.2) is 9.97 Å². The fourth-order valence-corrected chi connectivity index (χ4v) is 6.91. The molecule has 6 atom stereocenters. The maximum absolute atomic E-state index is 14.0. The molecule has 4 aromatic rings. The van der Waals surface area contributed by atoms with Crippen molar-refractivity contribution < 1.29 is 38.3 Å². The molecule has 1 aromatic carbocycles. The molecular weight excluding hydrogens is 813 g/mol. The summed E-state index contributed by atoms with van der Waals surface area (Å²) in [4.78, 5) is 110. The van der Waals surface area contributed by atoms with Crippen molar-refractivity contribution in [1.82, 2.24) is 62.1 Å². The molecule has 7 amide bonds. The first-order valence-corrected chi connectivity index (χ1v) is 21.2. The molecule has 0 radical (unpaired) electrons. The van der Waals surface area contributed by atoms with Crippen molar-refractivity contribution in [2.75, 3.05) is 19.8 Å². The molecule has 342 valence electrons. The minimum atomic E-state index is -1.20. The van der Waals surface area contributed by atoms with Gasteiger partial charge in [0.05, 0.1) is 31.8 Å². The molecule has 4 rings (SSSR count). The van der Waals surface area contributed by atoms with Gasteiger partial charge in [-0.1, -0.05) is 45.9 Å². The maximum Gasteiger partial charge on any atom is 0.243 e. The Balaban J connectivity index is 1.41. The van der Waals surface area contributed by atoms with E-state index in [0.717, 1.165) is 16.5 Å². The molecule has 0 saturated heterocycles. The summed E-state index contributed by atoms with van der Waals surface area (Å²) in [5.74, 6) is -4.39. The Morgan fingerprint density at radius 2 is 1.29 bits per heavy atom. The van der Waals surface area contributed by atoms with Crippen molar-refractivity contribution in [2.45, 2.75) is 110 Å². The van der Waals surface area contributed by atoms with E-state index in [0.29, 0.717) is 31.0 Å². The van der Waals surface area contributed by atoms with E-state index in [1.165, 1.54) is 32.7 Å². The second kappa shape index (κ2) is 24.2. The Kier molecular flexibility index (Phi) is 18.8. The maximum atomic E-state index is 14.0. The summed E-state index contributed by atoms with van der Waals surface area (Å²) in [7, 11) is 0. The SMILES string of the molecule is CCOCC(CC(C)C)NC(=O)[C@H](Cc1cnc[nH]1)NC(=O)CNC(=O)[C@@H](NC(=O)[C@H](C)NC(=O)[C@H](Cc1c[nH]c2ccccc12)NC(=O)[C@H](Cc1cnc[nH]1)NC(C)=O)C(C)C. The van der Waals surface area contributed by atoms with Gasteiger partial charge >= 0.3 is 0 Å². The lowest BCUT2D eigenvalue weighted by Gasteiger charge is -2.26. The lowest BCUT2D eigenvalue weighted by Crippen LogP contribution is -2.59. The van der Waals surface area contributed by atoms with E-state index < -0.39 is 84.0 Å². The van der Waals surface area contributed by atoms with Crippen molar-refractivity contribution in [3.05, 3.63) is 72.5 Å². The van der Waals surface area contributed by atoms with Crippen LogP contribution in [0.4, 0.5) is 0 Å². The predicted octanol–water partition coefficient (Wildman–Crippen LogP) is 0.445. The molecule has 3 heterocycles. The second-order valence-corrected chi connectivity index (χ2v) is 16.2. The van der Waals surface area contributed by atoms with Crippen molar-refractivity contribution >= 4 is 52.3 Å². The van der Waals surface area contributed by atoms with E-state index in [2.05, 4.69) is 62.1 Å². The van der Waals surface area contributed by atoms with E-state index in [4.69, 9.17) is 4.74 Å². The number of carbonyl (C=O) groups excluding carboxylic acids is 7. The fourth-order valence-electron chi connectivity index (χ4n) is 6.91. The average molecular weight is 875 g/mol. The van der Waals surface area contributed by atoms with Gasteiger partial charge in [-0.3, -0.25) is 33.6 Å². The predicted molar refractivity (Wildman–Crippen MR) is 233 cm³/mol. The zero-order valence-corrected chi connectivity index (χ0v) is 36.9. The molecule has 0 bridgehead atoms. The van der Waals surface area contributed by atoms with Gasteiger partial charge in [-0.05, 0) is 43.7 Å². The average Bonchev–Trinajstić information content (AvgIpc) is 4.03. The van der Waals surface area contributed by atoms with E-state index in [-0.39, 0.29) is 31.2 Å². The summed E-state index contributed by atoms with van der Waals surface area (Å²) in [6.07, 6.45) is 8.58. The molecule has 10 N–H and O–H groups in total. The van der Waals surface area contributed by atoms with Crippen molar-refractivity contribution in [1.29, 1.82) is 0 Å². The number of para-hydroxylation sites is 1. The smallest absolute Gasteiger partial charge is 0.243 e. The number of amides is 7. The summed E-state index contributed by atoms with van der Waals surface area (Å²) >= 11 is 0. The highest BCUT2D eigenvalue weighted by Gasteiger charge is 2.32. The Morgan fingerprint density at radius 1 is 0.683 bits per heavy atom. The molecule has 0 aliphatic rings. The molecule has 20 nitrogen and oxygen atoms in total. The van der Waals surface area contributed by atoms with Gasteiger partial charge in [0.15, 0.2) is 0 Å². The molecule has 0 spiro atoms. The Hall–Kier alpha value is -6.57. The summed E-state index contributed by atoms with van der Waals surface area (Å²) in [6.45, 7) is 12.3. The van der Waals surface area contributed by atoms with Crippen LogP contribution in [-0.2, 0) is 57.6 Å². The number of benzene rings is 1. The number of nitrogens with zero attached hydrogens (tertiary/aromatic N) is 2. The molecule has 3 aromatic heterocycles. The van der Waals surface area contributed by atoms with Crippen LogP contribution >= 0.6 is 0 Å². The topological polar surface area (TPSA) is 286 Å². The summed E-state index contributed by atoms with van der Waals surface area (Å²) in [5.41, 5.74) is 2.73. The van der Waals surface area contributed by atoms with Gasteiger partial charge < -0.3 is 56.9 Å². The Bertz CT molecular complexity index is 2120. The highest BCUT2D eigenvalue weighted by Crippen LogP contribution is 2.19. The zero-order chi connectivity index (χ0) is 46.1. The van der Waals surface area contributed by atoms with E-state index in [1.54, 1.807) is 26.2 Å². The molecule has 20 heteroatoms. The lowest BCUT2D eigenvalue weighted by molar-refractivity contribution is -0.135. The number of aromatic amines is 3. The number of rotatable bonds is 25. The number of hydrogen-bond donors (Lipinski definition) is 10. The van der Waals surface area contributed by atoms with Crippen LogP contribution in [0.2, 0.25) is 0 Å². The first kappa shape index (κ1) is 49.1. The Labute approximate surface area is 366 Å². The van der Waals surface area contributed by atoms with Crippen LogP contribution in [-0.4, -0.2) is 122 Å². The highest BCUT2D eigenvalue weighted by atomic mass is 16.5. The third-order valence-electron chi connectivity index (χ3n) is 10.1. The quantitative estimate of drug-likeness (QED) is 0.0439. The third-order valence-corrected chi connectivity index (χ3v) is 10.1. The summed E-state index contributed by atoms with van der Waals surface area (Å²) < 4.78 is 5.57. The van der Waals surface area contributed by atoms with E-state index in [9.17, 15) is 33.6 Å². The first-order chi connectivity index (χ1) is 30.0. The van der Waals surface area contributed by atoms with Crippen molar-refractivity contribution in [3.8, 4) is 0 Å². The molecule has 63 heavy (non-hydrogen) atoms. The number of ether oxygens (including phenoxy) is 1. The number of carbonyl (C=O) groups is 7. The van der Waals surface area contributed by atoms with Gasteiger partial charge in [-0.2, -0.15) is 0 Å². The van der Waals surface area contributed by atoms with Gasteiger partial charge in [0.2, 0.25) is 41.4 Å². The molecular formula is C43H62N12O8. The number of H-pyrrole nitrogens is 3. The van der Waals surface area contributed by atoms with Crippen LogP contribution in [0.1, 0.15) is 71.8 Å². The van der Waals surface area contributed by atoms with Gasteiger partial charge in [0.1, 0.15) is 30.2 Å². The number of nitrogens with one attached hydrogen (secondary N) is 10. The number of fused-ring (bicyclic) bond motifs is 1. The van der Waals surface area contributed by atoms with E-state index in [1.807, 2.05) is 45.0 Å². The summed E-state index contributed by atoms with van der Waals surface area (Å²) in [6, 6.07) is 1.60. The molecule has 0 fully saturated rings. The highest BCUT2D eigenvalue weighted by molar-refractivity contribution is 5.97. The fraction of sp³-hybridized carbons (Fsp3) is 0.512. The summed E-state index contributed by atoms with van der Waals surface area (Å²) in [5, 5.41) is 19.8. The molecule has 0 aliphatic carbocycles.